The average Bonchev–Trinajstić information content (AvgIpc) is 4.01. The van der Waals surface area contributed by atoms with E-state index in [0.717, 1.165) is 12.8 Å². The largest absolute Gasteiger partial charge is 0.503 e. The Labute approximate surface area is 371 Å². The highest BCUT2D eigenvalue weighted by Gasteiger charge is 2.35. The van der Waals surface area contributed by atoms with Crippen LogP contribution < -0.4 is 9.47 Å². The van der Waals surface area contributed by atoms with E-state index in [4.69, 9.17) is 31.2 Å². The SMILES string of the molecule is COc1ccnc(C(=O)C[C@@H](C)C(=O)O[C@@H](C)[C@@H](c2ccccc2)C2CCCC2)c1O.COc1ccnc(C(=S)C[C@@H](C)C(=O)O[C@@H](C)[C@@H](c2ccccc2)C2CCCC2)c1O. The smallest absolute Gasteiger partial charge is 0.309 e. The molecule has 2 aliphatic rings. The predicted octanol–water partition coefficient (Wildman–Crippen LogP) is 10.4. The topological polar surface area (TPSA) is 154 Å². The first kappa shape index (κ1) is 47.7. The molecular weight excluding hydrogens is 805 g/mol. The molecule has 12 heteroatoms. The van der Waals surface area contributed by atoms with Crippen molar-refractivity contribution < 1.29 is 43.5 Å². The number of methoxy groups -OCH3 is 2. The average molecular weight is 867 g/mol. The van der Waals surface area contributed by atoms with Crippen LogP contribution in [0.3, 0.4) is 0 Å². The lowest BCUT2D eigenvalue weighted by molar-refractivity contribution is -0.155. The number of pyridine rings is 2. The zero-order valence-corrected chi connectivity index (χ0v) is 37.6. The van der Waals surface area contributed by atoms with E-state index in [2.05, 4.69) is 34.2 Å². The quantitative estimate of drug-likeness (QED) is 0.0556. The highest BCUT2D eigenvalue weighted by molar-refractivity contribution is 7.80. The van der Waals surface area contributed by atoms with Crippen molar-refractivity contribution in [2.24, 2.45) is 23.7 Å². The molecule has 6 rings (SSSR count). The lowest BCUT2D eigenvalue weighted by Gasteiger charge is -2.30. The van der Waals surface area contributed by atoms with Gasteiger partial charge in [-0.25, -0.2) is 4.98 Å². The van der Waals surface area contributed by atoms with Crippen molar-refractivity contribution in [2.45, 2.75) is 116 Å². The number of ether oxygens (including phenoxy) is 4. The van der Waals surface area contributed by atoms with Gasteiger partial charge in [-0.2, -0.15) is 0 Å². The summed E-state index contributed by atoms with van der Waals surface area (Å²) in [6.07, 6.45) is 12.1. The van der Waals surface area contributed by atoms with Gasteiger partial charge in [0.1, 0.15) is 17.9 Å². The normalized spacial score (nSPS) is 17.0. The van der Waals surface area contributed by atoms with Gasteiger partial charge in [0.25, 0.3) is 0 Å². The molecule has 4 aromatic rings. The number of thiocarbonyl (C=S) groups is 1. The van der Waals surface area contributed by atoms with Gasteiger partial charge >= 0.3 is 11.9 Å². The molecule has 332 valence electrons. The minimum absolute atomic E-state index is 0.0971. The van der Waals surface area contributed by atoms with Crippen molar-refractivity contribution in [3.63, 3.8) is 0 Å². The molecule has 0 bridgehead atoms. The molecular formula is C50H62N2O9S. The van der Waals surface area contributed by atoms with E-state index in [-0.39, 0.29) is 71.5 Å². The lowest BCUT2D eigenvalue weighted by atomic mass is 9.81. The second-order valence-corrected chi connectivity index (χ2v) is 17.2. The van der Waals surface area contributed by atoms with Crippen LogP contribution in [0.5, 0.6) is 23.0 Å². The molecule has 2 aromatic heterocycles. The number of benzene rings is 2. The highest BCUT2D eigenvalue weighted by atomic mass is 32.1. The number of Topliss-reactive ketones (excluding diaryl/α,β-unsaturated/α-hetero) is 1. The molecule has 2 heterocycles. The third-order valence-electron chi connectivity index (χ3n) is 12.3. The zero-order chi connectivity index (χ0) is 44.8. The van der Waals surface area contributed by atoms with Crippen LogP contribution in [-0.4, -0.2) is 69.2 Å². The molecule has 2 N–H and O–H groups in total. The molecule has 0 spiro atoms. The highest BCUT2D eigenvalue weighted by Crippen LogP contribution is 2.42. The summed E-state index contributed by atoms with van der Waals surface area (Å²) < 4.78 is 21.9. The van der Waals surface area contributed by atoms with Gasteiger partial charge in [0, 0.05) is 47.6 Å². The molecule has 2 aliphatic carbocycles. The molecule has 0 saturated heterocycles. The van der Waals surface area contributed by atoms with Crippen LogP contribution in [0, 0.1) is 23.7 Å². The van der Waals surface area contributed by atoms with E-state index in [9.17, 15) is 24.6 Å². The number of aromatic hydroxyl groups is 2. The summed E-state index contributed by atoms with van der Waals surface area (Å²) in [5.74, 6) is -0.811. The number of rotatable bonds is 18. The third kappa shape index (κ3) is 12.4. The zero-order valence-electron chi connectivity index (χ0n) is 36.8. The molecule has 2 aromatic carbocycles. The lowest BCUT2D eigenvalue weighted by Crippen LogP contribution is -2.30. The molecule has 62 heavy (non-hydrogen) atoms. The molecule has 0 aliphatic heterocycles. The maximum absolute atomic E-state index is 12.9. The number of hydrogen-bond acceptors (Lipinski definition) is 12. The first-order valence-electron chi connectivity index (χ1n) is 21.9. The van der Waals surface area contributed by atoms with Crippen LogP contribution in [0.1, 0.15) is 131 Å². The fraction of sp³-hybridized carbons (Fsp3) is 0.480. The summed E-state index contributed by atoms with van der Waals surface area (Å²) in [6.45, 7) is 7.40. The third-order valence-corrected chi connectivity index (χ3v) is 12.7. The molecule has 2 fully saturated rings. The number of hydrogen-bond donors (Lipinski definition) is 2. The predicted molar refractivity (Wildman–Crippen MR) is 242 cm³/mol. The summed E-state index contributed by atoms with van der Waals surface area (Å²) >= 11 is 5.45. The van der Waals surface area contributed by atoms with Crippen LogP contribution in [0.2, 0.25) is 0 Å². The summed E-state index contributed by atoms with van der Waals surface area (Å²) in [5, 5.41) is 20.4. The van der Waals surface area contributed by atoms with Crippen LogP contribution in [-0.2, 0) is 19.1 Å². The Kier molecular flexibility index (Phi) is 17.8. The maximum Gasteiger partial charge on any atom is 0.309 e. The number of aromatic nitrogens is 2. The summed E-state index contributed by atoms with van der Waals surface area (Å²) in [6, 6.07) is 23.6. The Morgan fingerprint density at radius 2 is 1.00 bits per heavy atom. The van der Waals surface area contributed by atoms with Gasteiger partial charge in [0.2, 0.25) is 0 Å². The fourth-order valence-corrected chi connectivity index (χ4v) is 9.51. The fourth-order valence-electron chi connectivity index (χ4n) is 9.11. The first-order valence-corrected chi connectivity index (χ1v) is 22.3. The van der Waals surface area contributed by atoms with Crippen molar-refractivity contribution in [2.75, 3.05) is 14.2 Å². The van der Waals surface area contributed by atoms with Crippen LogP contribution in [0.25, 0.3) is 0 Å². The Hall–Kier alpha value is -5.36. The maximum atomic E-state index is 12.9. The molecule has 0 amide bonds. The summed E-state index contributed by atoms with van der Waals surface area (Å²) in [7, 11) is 2.87. The number of carbonyl (C=O) groups excluding carboxylic acids is 3. The number of nitrogens with zero attached hydrogens (tertiary/aromatic N) is 2. The van der Waals surface area contributed by atoms with Crippen LogP contribution in [0.15, 0.2) is 85.2 Å². The Balaban J connectivity index is 0.000000234. The van der Waals surface area contributed by atoms with E-state index >= 15 is 0 Å². The van der Waals surface area contributed by atoms with E-state index in [1.165, 1.54) is 82.3 Å². The van der Waals surface area contributed by atoms with E-state index in [0.29, 0.717) is 22.4 Å². The summed E-state index contributed by atoms with van der Waals surface area (Å²) in [5.41, 5.74) is 2.59. The Morgan fingerprint density at radius 1 is 0.613 bits per heavy atom. The molecule has 6 atom stereocenters. The van der Waals surface area contributed by atoms with Gasteiger partial charge < -0.3 is 29.2 Å². The van der Waals surface area contributed by atoms with Gasteiger partial charge in [0.05, 0.1) is 26.1 Å². The van der Waals surface area contributed by atoms with Gasteiger partial charge in [-0.1, -0.05) is 112 Å². The standard InChI is InChI=1S/C25H31NO5.C25H31NO4S/c1-16(15-20(27)23-24(28)21(30-3)13-14-26-23)25(29)31-17(2)22(19-11-7-8-12-19)18-9-5-4-6-10-18;1-16(15-21(31)23-24(27)20(29-3)13-14-26-23)25(28)30-17(2)22(19-11-7-8-12-19)18-9-5-4-6-10-18/h4-6,9-10,13-14,16-17,19,22,28H,7-8,11-12,15H2,1-3H3;4-6,9-10,13-14,16-17,19,22,27H,7-8,11-12,15H2,1-3H3/t2*16-,17+,22+/m11/s1. The Morgan fingerprint density at radius 3 is 1.42 bits per heavy atom. The molecule has 0 unspecified atom stereocenters. The van der Waals surface area contributed by atoms with Crippen LogP contribution in [0.4, 0.5) is 0 Å². The molecule has 11 nitrogen and oxygen atoms in total. The number of ketones is 1. The monoisotopic (exact) mass is 866 g/mol. The van der Waals surface area contributed by atoms with Gasteiger partial charge in [-0.15, -0.1) is 0 Å². The van der Waals surface area contributed by atoms with Gasteiger partial charge in [0.15, 0.2) is 34.5 Å². The Bertz CT molecular complexity index is 1940. The second kappa shape index (κ2) is 23.2. The number of carbonyl (C=O) groups is 3. The molecule has 2 saturated carbocycles. The van der Waals surface area contributed by atoms with Crippen molar-refractivity contribution in [1.29, 1.82) is 0 Å². The van der Waals surface area contributed by atoms with Crippen molar-refractivity contribution >= 4 is 34.8 Å². The van der Waals surface area contributed by atoms with Crippen LogP contribution >= 0.6 is 12.2 Å². The van der Waals surface area contributed by atoms with E-state index in [1.807, 2.05) is 50.2 Å². The van der Waals surface area contributed by atoms with E-state index < -0.39 is 23.6 Å². The van der Waals surface area contributed by atoms with Crippen molar-refractivity contribution in [1.82, 2.24) is 9.97 Å². The summed E-state index contributed by atoms with van der Waals surface area (Å²) in [4.78, 5) is 46.8. The van der Waals surface area contributed by atoms with Gasteiger partial charge in [-0.05, 0) is 68.9 Å². The van der Waals surface area contributed by atoms with Crippen molar-refractivity contribution in [3.05, 3.63) is 108 Å². The first-order chi connectivity index (χ1) is 29.8. The van der Waals surface area contributed by atoms with Gasteiger partial charge in [-0.3, -0.25) is 19.4 Å². The number of esters is 2. The molecule has 0 radical (unpaired) electrons. The second-order valence-electron chi connectivity index (χ2n) is 16.7. The van der Waals surface area contributed by atoms with Crippen molar-refractivity contribution in [3.8, 4) is 23.0 Å². The van der Waals surface area contributed by atoms with E-state index in [1.54, 1.807) is 19.9 Å². The minimum atomic E-state index is -0.651. The minimum Gasteiger partial charge on any atom is -0.503 e.